The second-order valence-electron chi connectivity index (χ2n) is 2.35. The second kappa shape index (κ2) is 4.18. The summed E-state index contributed by atoms with van der Waals surface area (Å²) in [6.07, 6.45) is 0.941. The number of esters is 1. The molecule has 5 nitrogen and oxygen atoms in total. The molecule has 0 N–H and O–H groups in total. The summed E-state index contributed by atoms with van der Waals surface area (Å²) >= 11 is 0. The quantitative estimate of drug-likeness (QED) is 0.241. The van der Waals surface area contributed by atoms with Crippen molar-refractivity contribution in [2.24, 2.45) is 0 Å². The van der Waals surface area contributed by atoms with Crippen molar-refractivity contribution in [3.63, 3.8) is 0 Å². The van der Waals surface area contributed by atoms with E-state index in [1.54, 1.807) is 6.07 Å². The Labute approximate surface area is 79.8 Å². The fourth-order valence-corrected chi connectivity index (χ4v) is 0.844. The highest BCUT2D eigenvalue weighted by atomic mass is 16.6. The Kier molecular flexibility index (Phi) is 2.96. The summed E-state index contributed by atoms with van der Waals surface area (Å²) in [4.78, 5) is 20.7. The molecule has 0 spiro atoms. The van der Waals surface area contributed by atoms with Gasteiger partial charge >= 0.3 is 11.7 Å². The van der Waals surface area contributed by atoms with E-state index in [1.807, 2.05) is 0 Å². The molecule has 1 aromatic rings. The molecule has 0 amide bonds. The minimum atomic E-state index is -0.723. The first-order chi connectivity index (χ1) is 6.65. The lowest BCUT2D eigenvalue weighted by molar-refractivity contribution is -0.385. The third-order valence-corrected chi connectivity index (χ3v) is 1.44. The summed E-state index contributed by atoms with van der Waals surface area (Å²) in [6, 6.07) is 5.63. The number of nitro benzene ring substituents is 1. The van der Waals surface area contributed by atoms with Gasteiger partial charge in [0, 0.05) is 12.1 Å². The van der Waals surface area contributed by atoms with Gasteiger partial charge in [-0.25, -0.2) is 4.79 Å². The highest BCUT2D eigenvalue weighted by Crippen LogP contribution is 2.25. The van der Waals surface area contributed by atoms with Gasteiger partial charge in [0.05, 0.1) is 4.92 Å². The van der Waals surface area contributed by atoms with Gasteiger partial charge in [-0.1, -0.05) is 18.7 Å². The van der Waals surface area contributed by atoms with Crippen LogP contribution in [0.3, 0.4) is 0 Å². The molecular weight excluding hydrogens is 186 g/mol. The molecule has 1 rings (SSSR count). The van der Waals surface area contributed by atoms with Crippen molar-refractivity contribution in [1.82, 2.24) is 0 Å². The molecule has 72 valence electrons. The third-order valence-electron chi connectivity index (χ3n) is 1.44. The molecule has 0 atom stereocenters. The van der Waals surface area contributed by atoms with Gasteiger partial charge in [-0.05, 0) is 6.07 Å². The van der Waals surface area contributed by atoms with E-state index >= 15 is 0 Å². The molecule has 5 heteroatoms. The number of rotatable bonds is 3. The zero-order valence-electron chi connectivity index (χ0n) is 7.17. The SMILES string of the molecule is C=CC(=O)Oc1ccccc1[N+](=O)[O-]. The van der Waals surface area contributed by atoms with Crippen LogP contribution in [0.1, 0.15) is 0 Å². The molecule has 0 saturated carbocycles. The number of para-hydroxylation sites is 2. The van der Waals surface area contributed by atoms with Crippen LogP contribution in [0.25, 0.3) is 0 Å². The van der Waals surface area contributed by atoms with Crippen molar-refractivity contribution in [3.05, 3.63) is 47.0 Å². The smallest absolute Gasteiger partial charge is 0.335 e. The van der Waals surface area contributed by atoms with Gasteiger partial charge in [-0.15, -0.1) is 0 Å². The number of carbonyl (C=O) groups is 1. The lowest BCUT2D eigenvalue weighted by Crippen LogP contribution is -2.05. The van der Waals surface area contributed by atoms with E-state index in [0.29, 0.717) is 0 Å². The first-order valence-corrected chi connectivity index (χ1v) is 3.73. The average Bonchev–Trinajstić information content (AvgIpc) is 2.18. The minimum Gasteiger partial charge on any atom is -0.416 e. The number of nitrogens with zero attached hydrogens (tertiary/aromatic N) is 1. The number of nitro groups is 1. The fraction of sp³-hybridized carbons (Fsp3) is 0. The molecule has 0 unspecified atom stereocenters. The first kappa shape index (κ1) is 9.91. The van der Waals surface area contributed by atoms with E-state index in [1.165, 1.54) is 18.2 Å². The van der Waals surface area contributed by atoms with E-state index in [4.69, 9.17) is 0 Å². The van der Waals surface area contributed by atoms with Crippen molar-refractivity contribution in [2.75, 3.05) is 0 Å². The van der Waals surface area contributed by atoms with Crippen LogP contribution in [0.15, 0.2) is 36.9 Å². The third kappa shape index (κ3) is 2.16. The average molecular weight is 193 g/mol. The normalized spacial score (nSPS) is 9.14. The van der Waals surface area contributed by atoms with Crippen LogP contribution >= 0.6 is 0 Å². The Hall–Kier alpha value is -2.17. The number of ether oxygens (including phenoxy) is 1. The highest BCUT2D eigenvalue weighted by molar-refractivity contribution is 5.84. The minimum absolute atomic E-state index is 0.0811. The van der Waals surface area contributed by atoms with Crippen molar-refractivity contribution in [1.29, 1.82) is 0 Å². The van der Waals surface area contributed by atoms with Crippen LogP contribution in [0.5, 0.6) is 5.75 Å². The Morgan fingerprint density at radius 3 is 2.71 bits per heavy atom. The summed E-state index contributed by atoms with van der Waals surface area (Å²) < 4.78 is 4.66. The van der Waals surface area contributed by atoms with E-state index in [0.717, 1.165) is 6.08 Å². The topological polar surface area (TPSA) is 69.4 Å². The standard InChI is InChI=1S/C9H7NO4/c1-2-9(11)14-8-6-4-3-5-7(8)10(12)13/h2-6H,1H2. The number of carbonyl (C=O) groups excluding carboxylic acids is 1. The van der Waals surface area contributed by atoms with Crippen LogP contribution in [0.2, 0.25) is 0 Å². The molecule has 0 aromatic heterocycles. The Morgan fingerprint density at radius 1 is 1.50 bits per heavy atom. The van der Waals surface area contributed by atoms with E-state index in [-0.39, 0.29) is 11.4 Å². The van der Waals surface area contributed by atoms with E-state index < -0.39 is 10.9 Å². The van der Waals surface area contributed by atoms with Gasteiger partial charge in [0.2, 0.25) is 5.75 Å². The molecule has 14 heavy (non-hydrogen) atoms. The first-order valence-electron chi connectivity index (χ1n) is 3.73. The molecule has 0 fully saturated rings. The molecule has 0 radical (unpaired) electrons. The van der Waals surface area contributed by atoms with Crippen molar-refractivity contribution >= 4 is 11.7 Å². The van der Waals surface area contributed by atoms with Gasteiger partial charge in [0.25, 0.3) is 0 Å². The predicted octanol–water partition coefficient (Wildman–Crippen LogP) is 1.69. The summed E-state index contributed by atoms with van der Waals surface area (Å²) in [6.45, 7) is 3.19. The molecule has 0 bridgehead atoms. The Balaban J connectivity index is 3.01. The summed E-state index contributed by atoms with van der Waals surface area (Å²) in [5, 5.41) is 10.5. The Bertz CT molecular complexity index is 386. The lowest BCUT2D eigenvalue weighted by atomic mass is 10.3. The summed E-state index contributed by atoms with van der Waals surface area (Å²) in [5.74, 6) is -0.804. The molecule has 1 aromatic carbocycles. The van der Waals surface area contributed by atoms with Gasteiger partial charge in [0.15, 0.2) is 0 Å². The van der Waals surface area contributed by atoms with Gasteiger partial charge < -0.3 is 4.74 Å². The van der Waals surface area contributed by atoms with Gasteiger partial charge in [-0.3, -0.25) is 10.1 Å². The van der Waals surface area contributed by atoms with Gasteiger partial charge in [0.1, 0.15) is 0 Å². The van der Waals surface area contributed by atoms with Crippen LogP contribution in [0, 0.1) is 10.1 Å². The maximum absolute atomic E-state index is 10.8. The van der Waals surface area contributed by atoms with Crippen LogP contribution in [-0.4, -0.2) is 10.9 Å². The van der Waals surface area contributed by atoms with Crippen LogP contribution < -0.4 is 4.74 Å². The molecule has 0 aliphatic heterocycles. The fourth-order valence-electron chi connectivity index (χ4n) is 0.844. The largest absolute Gasteiger partial charge is 0.416 e. The maximum atomic E-state index is 10.8. The van der Waals surface area contributed by atoms with E-state index in [2.05, 4.69) is 11.3 Å². The van der Waals surface area contributed by atoms with E-state index in [9.17, 15) is 14.9 Å². The van der Waals surface area contributed by atoms with Crippen LogP contribution in [0.4, 0.5) is 5.69 Å². The molecular formula is C9H7NO4. The van der Waals surface area contributed by atoms with Crippen molar-refractivity contribution in [3.8, 4) is 5.75 Å². The van der Waals surface area contributed by atoms with Crippen molar-refractivity contribution < 1.29 is 14.5 Å². The second-order valence-corrected chi connectivity index (χ2v) is 2.35. The zero-order valence-corrected chi connectivity index (χ0v) is 7.17. The summed E-state index contributed by atoms with van der Waals surface area (Å²) in [5.41, 5.74) is -0.247. The molecule has 0 saturated heterocycles. The summed E-state index contributed by atoms with van der Waals surface area (Å²) in [7, 11) is 0. The number of hydrogen-bond acceptors (Lipinski definition) is 4. The van der Waals surface area contributed by atoms with Gasteiger partial charge in [-0.2, -0.15) is 0 Å². The lowest BCUT2D eigenvalue weighted by Gasteiger charge is -2.00. The maximum Gasteiger partial charge on any atom is 0.335 e. The number of benzene rings is 1. The molecule has 0 aliphatic rings. The number of hydrogen-bond donors (Lipinski definition) is 0. The monoisotopic (exact) mass is 193 g/mol. The van der Waals surface area contributed by atoms with Crippen molar-refractivity contribution in [2.45, 2.75) is 0 Å². The Morgan fingerprint density at radius 2 is 2.14 bits per heavy atom. The zero-order chi connectivity index (χ0) is 10.6. The predicted molar refractivity (Wildman–Crippen MR) is 48.9 cm³/mol. The molecule has 0 heterocycles. The van der Waals surface area contributed by atoms with Crippen LogP contribution in [-0.2, 0) is 4.79 Å². The molecule has 0 aliphatic carbocycles. The highest BCUT2D eigenvalue weighted by Gasteiger charge is 2.15.